The Morgan fingerprint density at radius 3 is 2.64 bits per heavy atom. The Bertz CT molecular complexity index is 333. The van der Waals surface area contributed by atoms with Crippen LogP contribution >= 0.6 is 11.3 Å². The zero-order valence-electron chi connectivity index (χ0n) is 8.92. The third-order valence-corrected chi connectivity index (χ3v) is 2.78. The van der Waals surface area contributed by atoms with E-state index in [4.69, 9.17) is 0 Å². The van der Waals surface area contributed by atoms with Crippen LogP contribution < -0.4 is 5.32 Å². The fourth-order valence-corrected chi connectivity index (χ4v) is 1.90. The number of amides is 2. The standard InChI is InChI=1S/C9H15N3OS/c1-5-7-6(2)14-8(10-7)11-9(13)12(3)4/h5H2,1-4H3,(H,10,11,13). The van der Waals surface area contributed by atoms with Crippen molar-refractivity contribution in [2.45, 2.75) is 20.3 Å². The first-order valence-corrected chi connectivity index (χ1v) is 5.30. The zero-order chi connectivity index (χ0) is 10.7. The molecule has 0 aliphatic heterocycles. The summed E-state index contributed by atoms with van der Waals surface area (Å²) in [6.45, 7) is 4.07. The van der Waals surface area contributed by atoms with Crippen molar-refractivity contribution in [3.8, 4) is 0 Å². The third-order valence-electron chi connectivity index (χ3n) is 1.85. The molecule has 4 nitrogen and oxygen atoms in total. The van der Waals surface area contributed by atoms with Gasteiger partial charge in [-0.2, -0.15) is 0 Å². The number of anilines is 1. The monoisotopic (exact) mass is 213 g/mol. The van der Waals surface area contributed by atoms with Crippen molar-refractivity contribution in [2.75, 3.05) is 19.4 Å². The molecule has 1 rings (SSSR count). The highest BCUT2D eigenvalue weighted by atomic mass is 32.1. The molecule has 2 amide bonds. The molecule has 1 aromatic heterocycles. The molecule has 14 heavy (non-hydrogen) atoms. The van der Waals surface area contributed by atoms with Gasteiger partial charge in [0.1, 0.15) is 0 Å². The summed E-state index contributed by atoms with van der Waals surface area (Å²) in [6.07, 6.45) is 0.903. The molecule has 0 aliphatic carbocycles. The summed E-state index contributed by atoms with van der Waals surface area (Å²) < 4.78 is 0. The maximum atomic E-state index is 11.3. The van der Waals surface area contributed by atoms with E-state index in [2.05, 4.69) is 17.2 Å². The van der Waals surface area contributed by atoms with E-state index in [0.717, 1.165) is 12.1 Å². The molecule has 0 aromatic carbocycles. The number of nitrogens with one attached hydrogen (secondary N) is 1. The predicted molar refractivity (Wildman–Crippen MR) is 58.9 cm³/mol. The Morgan fingerprint density at radius 2 is 2.21 bits per heavy atom. The number of rotatable bonds is 2. The van der Waals surface area contributed by atoms with Crippen molar-refractivity contribution in [1.29, 1.82) is 0 Å². The lowest BCUT2D eigenvalue weighted by atomic mass is 10.3. The lowest BCUT2D eigenvalue weighted by Crippen LogP contribution is -2.27. The summed E-state index contributed by atoms with van der Waals surface area (Å²) in [6, 6.07) is -0.138. The molecule has 0 aliphatic rings. The summed E-state index contributed by atoms with van der Waals surface area (Å²) in [5.41, 5.74) is 1.06. The van der Waals surface area contributed by atoms with Crippen molar-refractivity contribution in [1.82, 2.24) is 9.88 Å². The second-order valence-electron chi connectivity index (χ2n) is 3.20. The third kappa shape index (κ3) is 2.45. The molecular weight excluding hydrogens is 198 g/mol. The van der Waals surface area contributed by atoms with Crippen LogP contribution in [0.1, 0.15) is 17.5 Å². The second kappa shape index (κ2) is 4.41. The average molecular weight is 213 g/mol. The first-order valence-electron chi connectivity index (χ1n) is 4.49. The number of hydrogen-bond acceptors (Lipinski definition) is 3. The highest BCUT2D eigenvalue weighted by molar-refractivity contribution is 7.15. The topological polar surface area (TPSA) is 45.2 Å². The summed E-state index contributed by atoms with van der Waals surface area (Å²) in [5.74, 6) is 0. The van der Waals surface area contributed by atoms with Gasteiger partial charge in [0.2, 0.25) is 0 Å². The summed E-state index contributed by atoms with van der Waals surface area (Å²) >= 11 is 1.51. The number of thiazole rings is 1. The Morgan fingerprint density at radius 1 is 1.57 bits per heavy atom. The summed E-state index contributed by atoms with van der Waals surface area (Å²) in [5, 5.41) is 3.41. The molecule has 0 saturated carbocycles. The van der Waals surface area contributed by atoms with Crippen molar-refractivity contribution >= 4 is 22.5 Å². The number of carbonyl (C=O) groups is 1. The van der Waals surface area contributed by atoms with Crippen LogP contribution in [0.5, 0.6) is 0 Å². The van der Waals surface area contributed by atoms with E-state index in [9.17, 15) is 4.79 Å². The molecule has 1 N–H and O–H groups in total. The summed E-state index contributed by atoms with van der Waals surface area (Å²) in [7, 11) is 3.41. The van der Waals surface area contributed by atoms with Gasteiger partial charge in [-0.25, -0.2) is 9.78 Å². The van der Waals surface area contributed by atoms with Crippen LogP contribution in [0.2, 0.25) is 0 Å². The highest BCUT2D eigenvalue weighted by Gasteiger charge is 2.09. The van der Waals surface area contributed by atoms with Gasteiger partial charge in [-0.15, -0.1) is 11.3 Å². The Balaban J connectivity index is 2.73. The van der Waals surface area contributed by atoms with Gasteiger partial charge in [-0.05, 0) is 13.3 Å². The van der Waals surface area contributed by atoms with Crippen LogP contribution in [0, 0.1) is 6.92 Å². The molecule has 78 valence electrons. The van der Waals surface area contributed by atoms with E-state index in [-0.39, 0.29) is 6.03 Å². The lowest BCUT2D eigenvalue weighted by Gasteiger charge is -2.09. The number of urea groups is 1. The maximum Gasteiger partial charge on any atom is 0.323 e. The Kier molecular flexibility index (Phi) is 3.46. The van der Waals surface area contributed by atoms with Crippen LogP contribution in [-0.2, 0) is 6.42 Å². The van der Waals surface area contributed by atoms with Gasteiger partial charge in [0, 0.05) is 19.0 Å². The largest absolute Gasteiger partial charge is 0.331 e. The van der Waals surface area contributed by atoms with Crippen LogP contribution in [0.3, 0.4) is 0 Å². The Hall–Kier alpha value is -1.10. The van der Waals surface area contributed by atoms with E-state index >= 15 is 0 Å². The van der Waals surface area contributed by atoms with E-state index in [1.807, 2.05) is 6.92 Å². The molecule has 0 saturated heterocycles. The number of aryl methyl sites for hydroxylation is 2. The minimum Gasteiger partial charge on any atom is -0.331 e. The van der Waals surface area contributed by atoms with E-state index in [1.165, 1.54) is 21.1 Å². The van der Waals surface area contributed by atoms with Crippen LogP contribution in [-0.4, -0.2) is 30.0 Å². The van der Waals surface area contributed by atoms with Crippen LogP contribution in [0.15, 0.2) is 0 Å². The molecule has 0 radical (unpaired) electrons. The number of aromatic nitrogens is 1. The average Bonchev–Trinajstić information content (AvgIpc) is 2.45. The minimum absolute atomic E-state index is 0.138. The zero-order valence-corrected chi connectivity index (χ0v) is 9.73. The van der Waals surface area contributed by atoms with Gasteiger partial charge in [-0.3, -0.25) is 5.32 Å². The fourth-order valence-electron chi connectivity index (χ4n) is 1.01. The molecule has 0 bridgehead atoms. The number of nitrogens with zero attached hydrogens (tertiary/aromatic N) is 2. The first-order chi connectivity index (χ1) is 6.54. The van der Waals surface area contributed by atoms with Crippen molar-refractivity contribution in [3.63, 3.8) is 0 Å². The molecule has 0 atom stereocenters. The van der Waals surface area contributed by atoms with Crippen molar-refractivity contribution in [3.05, 3.63) is 10.6 Å². The smallest absolute Gasteiger partial charge is 0.323 e. The molecule has 0 fully saturated rings. The van der Waals surface area contributed by atoms with Crippen LogP contribution in [0.4, 0.5) is 9.93 Å². The highest BCUT2D eigenvalue weighted by Crippen LogP contribution is 2.22. The molecular formula is C9H15N3OS. The summed E-state index contributed by atoms with van der Waals surface area (Å²) in [4.78, 5) is 18.3. The Labute approximate surface area is 88.0 Å². The van der Waals surface area contributed by atoms with E-state index < -0.39 is 0 Å². The lowest BCUT2D eigenvalue weighted by molar-refractivity contribution is 0.230. The van der Waals surface area contributed by atoms with Gasteiger partial charge in [0.15, 0.2) is 5.13 Å². The normalized spacial score (nSPS) is 10.0. The number of hydrogen-bond donors (Lipinski definition) is 1. The first kappa shape index (κ1) is 11.0. The van der Waals surface area contributed by atoms with Crippen LogP contribution in [0.25, 0.3) is 0 Å². The molecule has 5 heteroatoms. The van der Waals surface area contributed by atoms with Gasteiger partial charge in [-0.1, -0.05) is 6.92 Å². The van der Waals surface area contributed by atoms with Crippen molar-refractivity contribution in [2.24, 2.45) is 0 Å². The maximum absolute atomic E-state index is 11.3. The molecule has 1 heterocycles. The predicted octanol–water partition coefficient (Wildman–Crippen LogP) is 2.11. The quantitative estimate of drug-likeness (QED) is 0.817. The molecule has 0 spiro atoms. The SMILES string of the molecule is CCc1nc(NC(=O)N(C)C)sc1C. The van der Waals surface area contributed by atoms with Gasteiger partial charge < -0.3 is 4.90 Å². The van der Waals surface area contributed by atoms with Crippen molar-refractivity contribution < 1.29 is 4.79 Å². The fraction of sp³-hybridized carbons (Fsp3) is 0.556. The van der Waals surface area contributed by atoms with E-state index in [1.54, 1.807) is 14.1 Å². The molecule has 0 unspecified atom stereocenters. The molecule has 1 aromatic rings. The minimum atomic E-state index is -0.138. The van der Waals surface area contributed by atoms with Gasteiger partial charge in [0.25, 0.3) is 0 Å². The van der Waals surface area contributed by atoms with Gasteiger partial charge in [0.05, 0.1) is 5.69 Å². The second-order valence-corrected chi connectivity index (χ2v) is 4.40. The van der Waals surface area contributed by atoms with Gasteiger partial charge >= 0.3 is 6.03 Å². The number of carbonyl (C=O) groups excluding carboxylic acids is 1. The van der Waals surface area contributed by atoms with E-state index in [0.29, 0.717) is 5.13 Å².